The minimum Gasteiger partial charge on any atom is -0.449 e. The molecule has 1 aromatic carbocycles. The third-order valence-corrected chi connectivity index (χ3v) is 3.03. The predicted molar refractivity (Wildman–Crippen MR) is 75.7 cm³/mol. The largest absolute Gasteiger partial charge is 0.449 e. The molecule has 0 bridgehead atoms. The fourth-order valence-electron chi connectivity index (χ4n) is 1.55. The van der Waals surface area contributed by atoms with E-state index in [1.165, 1.54) is 18.3 Å². The molecular formula is C13H11BrN2O4. The molecule has 1 aromatic heterocycles. The van der Waals surface area contributed by atoms with E-state index >= 15 is 0 Å². The molecule has 1 atom stereocenters. The van der Waals surface area contributed by atoms with Crippen LogP contribution in [0.5, 0.6) is 11.5 Å². The maximum absolute atomic E-state index is 11.0. The van der Waals surface area contributed by atoms with E-state index in [2.05, 4.69) is 20.9 Å². The Kier molecular flexibility index (Phi) is 4.31. The maximum atomic E-state index is 11.0. The number of hydrogen-bond donors (Lipinski definition) is 1. The van der Waals surface area contributed by atoms with Crippen LogP contribution in [0.3, 0.4) is 0 Å². The van der Waals surface area contributed by atoms with Gasteiger partial charge in [0, 0.05) is 10.5 Å². The van der Waals surface area contributed by atoms with Crippen molar-refractivity contribution in [3.05, 3.63) is 56.8 Å². The monoisotopic (exact) mass is 338 g/mol. The van der Waals surface area contributed by atoms with Gasteiger partial charge in [-0.1, -0.05) is 15.9 Å². The normalized spacial score (nSPS) is 11.9. The second kappa shape index (κ2) is 5.98. The van der Waals surface area contributed by atoms with Gasteiger partial charge in [0.25, 0.3) is 0 Å². The zero-order valence-electron chi connectivity index (χ0n) is 10.5. The number of halogens is 1. The van der Waals surface area contributed by atoms with Crippen LogP contribution in [-0.4, -0.2) is 15.0 Å². The average molecular weight is 339 g/mol. The van der Waals surface area contributed by atoms with E-state index in [0.29, 0.717) is 15.9 Å². The van der Waals surface area contributed by atoms with Gasteiger partial charge in [-0.25, -0.2) is 0 Å². The summed E-state index contributed by atoms with van der Waals surface area (Å²) in [6, 6.07) is 7.73. The summed E-state index contributed by atoms with van der Waals surface area (Å²) < 4.78 is 6.05. The smallest absolute Gasteiger partial charge is 0.312 e. The first-order valence-corrected chi connectivity index (χ1v) is 6.52. The Morgan fingerprint density at radius 2 is 2.15 bits per heavy atom. The fourth-order valence-corrected chi connectivity index (χ4v) is 1.89. The summed E-state index contributed by atoms with van der Waals surface area (Å²) in [7, 11) is 0. The molecule has 0 amide bonds. The summed E-state index contributed by atoms with van der Waals surface area (Å²) in [6.45, 7) is 1.60. The minimum atomic E-state index is -0.675. The highest BCUT2D eigenvalue weighted by molar-refractivity contribution is 9.10. The minimum absolute atomic E-state index is 0.129. The Morgan fingerprint density at radius 3 is 2.70 bits per heavy atom. The van der Waals surface area contributed by atoms with Crippen LogP contribution >= 0.6 is 15.9 Å². The van der Waals surface area contributed by atoms with E-state index in [-0.39, 0.29) is 11.4 Å². The van der Waals surface area contributed by atoms with Gasteiger partial charge in [0.15, 0.2) is 0 Å². The van der Waals surface area contributed by atoms with Gasteiger partial charge in [-0.3, -0.25) is 15.1 Å². The summed E-state index contributed by atoms with van der Waals surface area (Å²) >= 11 is 3.18. The first-order chi connectivity index (χ1) is 9.47. The first-order valence-electron chi connectivity index (χ1n) is 5.73. The molecule has 0 aliphatic heterocycles. The molecule has 0 aliphatic carbocycles. The summed E-state index contributed by atoms with van der Waals surface area (Å²) in [5.41, 5.74) is 0.363. The number of hydrogen-bond acceptors (Lipinski definition) is 5. The van der Waals surface area contributed by atoms with Crippen LogP contribution in [0.25, 0.3) is 0 Å². The van der Waals surface area contributed by atoms with Crippen molar-refractivity contribution in [1.29, 1.82) is 0 Å². The Bertz CT molecular complexity index is 629. The molecule has 1 heterocycles. The summed E-state index contributed by atoms with van der Waals surface area (Å²) in [5, 5.41) is 20.3. The molecule has 6 nitrogen and oxygen atoms in total. The highest BCUT2D eigenvalue weighted by Crippen LogP contribution is 2.33. The first kappa shape index (κ1) is 14.4. The molecule has 7 heteroatoms. The van der Waals surface area contributed by atoms with Crippen LogP contribution in [0.2, 0.25) is 0 Å². The SMILES string of the molecule is C[C@H](O)c1ccc(Oc2ccc(Br)cc2[N+](=O)[O-])cn1. The lowest BCUT2D eigenvalue weighted by molar-refractivity contribution is -0.385. The molecule has 0 saturated carbocycles. The van der Waals surface area contributed by atoms with Crippen LogP contribution in [0.1, 0.15) is 18.7 Å². The van der Waals surface area contributed by atoms with Crippen molar-refractivity contribution in [2.45, 2.75) is 13.0 Å². The Balaban J connectivity index is 2.28. The number of nitro groups is 1. The molecule has 20 heavy (non-hydrogen) atoms. The molecule has 0 unspecified atom stereocenters. The zero-order valence-corrected chi connectivity index (χ0v) is 12.1. The van der Waals surface area contributed by atoms with Crippen LogP contribution in [-0.2, 0) is 0 Å². The van der Waals surface area contributed by atoms with Gasteiger partial charge in [0.05, 0.1) is 22.9 Å². The van der Waals surface area contributed by atoms with Gasteiger partial charge >= 0.3 is 5.69 Å². The van der Waals surface area contributed by atoms with E-state index in [9.17, 15) is 15.2 Å². The van der Waals surface area contributed by atoms with Crippen molar-refractivity contribution in [3.8, 4) is 11.5 Å². The number of aliphatic hydroxyl groups excluding tert-OH is 1. The average Bonchev–Trinajstić information content (AvgIpc) is 2.41. The second-order valence-corrected chi connectivity index (χ2v) is 4.98. The third-order valence-electron chi connectivity index (χ3n) is 2.53. The van der Waals surface area contributed by atoms with Crippen LogP contribution < -0.4 is 4.74 Å². The number of aromatic nitrogens is 1. The van der Waals surface area contributed by atoms with Crippen LogP contribution in [0, 0.1) is 10.1 Å². The van der Waals surface area contributed by atoms with E-state index in [4.69, 9.17) is 4.74 Å². The predicted octanol–water partition coefficient (Wildman–Crippen LogP) is 3.60. The van der Waals surface area contributed by atoms with Gasteiger partial charge < -0.3 is 9.84 Å². The van der Waals surface area contributed by atoms with Crippen molar-refractivity contribution >= 4 is 21.6 Å². The molecule has 2 aromatic rings. The molecule has 104 valence electrons. The molecule has 0 radical (unpaired) electrons. The van der Waals surface area contributed by atoms with Crippen molar-refractivity contribution in [1.82, 2.24) is 4.98 Å². The number of nitrogens with zero attached hydrogens (tertiary/aromatic N) is 2. The topological polar surface area (TPSA) is 85.5 Å². The number of pyridine rings is 1. The fraction of sp³-hybridized carbons (Fsp3) is 0.154. The second-order valence-electron chi connectivity index (χ2n) is 4.07. The van der Waals surface area contributed by atoms with Gasteiger partial charge in [-0.05, 0) is 31.2 Å². The third kappa shape index (κ3) is 3.31. The van der Waals surface area contributed by atoms with Gasteiger partial charge in [-0.15, -0.1) is 0 Å². The lowest BCUT2D eigenvalue weighted by Gasteiger charge is -2.08. The summed E-state index contributed by atoms with van der Waals surface area (Å²) in [4.78, 5) is 14.5. The van der Waals surface area contributed by atoms with E-state index in [0.717, 1.165) is 0 Å². The number of nitro benzene ring substituents is 1. The Labute approximate surface area is 123 Å². The Morgan fingerprint density at radius 1 is 1.40 bits per heavy atom. The van der Waals surface area contributed by atoms with E-state index in [1.54, 1.807) is 25.1 Å². The molecule has 2 rings (SSSR count). The van der Waals surface area contributed by atoms with Crippen LogP contribution in [0.4, 0.5) is 5.69 Å². The van der Waals surface area contributed by atoms with E-state index in [1.807, 2.05) is 0 Å². The number of benzene rings is 1. The highest BCUT2D eigenvalue weighted by Gasteiger charge is 2.16. The highest BCUT2D eigenvalue weighted by atomic mass is 79.9. The quantitative estimate of drug-likeness (QED) is 0.679. The maximum Gasteiger partial charge on any atom is 0.312 e. The van der Waals surface area contributed by atoms with Crippen molar-refractivity contribution in [2.24, 2.45) is 0 Å². The molecule has 0 fully saturated rings. The molecular weight excluding hydrogens is 328 g/mol. The molecule has 0 spiro atoms. The molecule has 1 N–H and O–H groups in total. The lowest BCUT2D eigenvalue weighted by atomic mass is 10.2. The van der Waals surface area contributed by atoms with Gasteiger partial charge in [0.1, 0.15) is 5.75 Å². The van der Waals surface area contributed by atoms with Crippen molar-refractivity contribution in [3.63, 3.8) is 0 Å². The van der Waals surface area contributed by atoms with Crippen LogP contribution in [0.15, 0.2) is 41.0 Å². The van der Waals surface area contributed by atoms with Gasteiger partial charge in [0.2, 0.25) is 5.75 Å². The van der Waals surface area contributed by atoms with E-state index < -0.39 is 11.0 Å². The van der Waals surface area contributed by atoms with Crippen molar-refractivity contribution < 1.29 is 14.8 Å². The zero-order chi connectivity index (χ0) is 14.7. The Hall–Kier alpha value is -1.99. The molecule has 0 saturated heterocycles. The molecule has 0 aliphatic rings. The standard InChI is InChI=1S/C13H11BrN2O4/c1-8(17)11-4-3-10(7-15-11)20-13-5-2-9(14)6-12(13)16(18)19/h2-8,17H,1H3/t8-/m0/s1. The summed E-state index contributed by atoms with van der Waals surface area (Å²) in [6.07, 6.45) is 0.736. The number of aliphatic hydroxyl groups is 1. The summed E-state index contributed by atoms with van der Waals surface area (Å²) in [5.74, 6) is 0.490. The number of ether oxygens (including phenoxy) is 1. The van der Waals surface area contributed by atoms with Crippen molar-refractivity contribution in [2.75, 3.05) is 0 Å². The number of rotatable bonds is 4. The van der Waals surface area contributed by atoms with Gasteiger partial charge in [-0.2, -0.15) is 0 Å². The lowest BCUT2D eigenvalue weighted by Crippen LogP contribution is -1.96.